The van der Waals surface area contributed by atoms with Gasteiger partial charge in [0.05, 0.1) is 31.2 Å². The van der Waals surface area contributed by atoms with E-state index in [1.165, 1.54) is 4.90 Å². The van der Waals surface area contributed by atoms with Crippen LogP contribution in [0.5, 0.6) is 5.75 Å². The molecule has 1 aliphatic heterocycles. The van der Waals surface area contributed by atoms with Crippen LogP contribution in [0.1, 0.15) is 41.2 Å². The van der Waals surface area contributed by atoms with Gasteiger partial charge in [0.15, 0.2) is 5.76 Å². The maximum Gasteiger partial charge on any atom is 0.321 e. The third-order valence-electron chi connectivity index (χ3n) is 7.22. The van der Waals surface area contributed by atoms with Gasteiger partial charge in [0.1, 0.15) is 23.2 Å². The standard InChI is InChI=1S/C30H37N5O6/c1-18-15-35(19(2)17-36)29(38)24-14-23(31-27(37)13-22-9-7-6-8-10-22)11-12-25(24)40-26(18)16-34(5)30(39)32-28-20(3)33-41-21(28)4/h6-12,14,18-19,26,36H,13,15-17H2,1-5H3,(H,31,37)(H,32,39)/t18-,19+,26-/m0/s1. The molecule has 0 spiro atoms. The molecule has 0 radical (unpaired) electrons. The summed E-state index contributed by atoms with van der Waals surface area (Å²) in [6.07, 6.45) is -0.285. The summed E-state index contributed by atoms with van der Waals surface area (Å²) in [6.45, 7) is 7.49. The Balaban J connectivity index is 1.56. The molecule has 0 saturated carbocycles. The number of ether oxygens (including phenoxy) is 1. The second-order valence-electron chi connectivity index (χ2n) is 10.6. The Bertz CT molecular complexity index is 1370. The highest BCUT2D eigenvalue weighted by Crippen LogP contribution is 2.31. The van der Waals surface area contributed by atoms with Crippen LogP contribution in [-0.2, 0) is 11.2 Å². The predicted molar refractivity (Wildman–Crippen MR) is 154 cm³/mol. The first-order valence-electron chi connectivity index (χ1n) is 13.6. The van der Waals surface area contributed by atoms with E-state index in [0.29, 0.717) is 35.1 Å². The second kappa shape index (κ2) is 12.9. The molecule has 0 unspecified atom stereocenters. The molecule has 3 N–H and O–H groups in total. The lowest BCUT2D eigenvalue weighted by Gasteiger charge is -2.38. The first kappa shape index (κ1) is 29.6. The molecule has 1 aliphatic rings. The molecule has 41 heavy (non-hydrogen) atoms. The lowest BCUT2D eigenvalue weighted by molar-refractivity contribution is -0.115. The molecule has 0 aliphatic carbocycles. The van der Waals surface area contributed by atoms with E-state index in [9.17, 15) is 19.5 Å². The normalized spacial score (nSPS) is 17.5. The van der Waals surface area contributed by atoms with Crippen LogP contribution in [0, 0.1) is 19.8 Å². The number of benzene rings is 2. The average molecular weight is 564 g/mol. The van der Waals surface area contributed by atoms with Crippen LogP contribution in [0.25, 0.3) is 0 Å². The predicted octanol–water partition coefficient (Wildman–Crippen LogP) is 3.86. The summed E-state index contributed by atoms with van der Waals surface area (Å²) in [5, 5.41) is 19.5. The molecule has 11 heteroatoms. The van der Waals surface area contributed by atoms with E-state index in [4.69, 9.17) is 9.26 Å². The van der Waals surface area contributed by atoms with Gasteiger partial charge in [-0.25, -0.2) is 4.79 Å². The van der Waals surface area contributed by atoms with Gasteiger partial charge in [-0.2, -0.15) is 0 Å². The number of aryl methyl sites for hydroxylation is 2. The first-order valence-corrected chi connectivity index (χ1v) is 13.6. The lowest BCUT2D eigenvalue weighted by Crippen LogP contribution is -2.50. The fraction of sp³-hybridized carbons (Fsp3) is 0.400. The SMILES string of the molecule is Cc1noc(C)c1NC(=O)N(C)C[C@@H]1Oc2ccc(NC(=O)Cc3ccccc3)cc2C(=O)N([C@H](C)CO)C[C@@H]1C. The molecule has 3 atom stereocenters. The highest BCUT2D eigenvalue weighted by atomic mass is 16.5. The van der Waals surface area contributed by atoms with Gasteiger partial charge in [-0.15, -0.1) is 0 Å². The van der Waals surface area contributed by atoms with E-state index in [2.05, 4.69) is 15.8 Å². The monoisotopic (exact) mass is 563 g/mol. The molecule has 3 aromatic rings. The minimum atomic E-state index is -0.478. The van der Waals surface area contributed by atoms with Gasteiger partial charge < -0.3 is 34.8 Å². The molecular weight excluding hydrogens is 526 g/mol. The molecule has 2 heterocycles. The third kappa shape index (κ3) is 7.04. The van der Waals surface area contributed by atoms with Crippen LogP contribution in [0.3, 0.4) is 0 Å². The second-order valence-corrected chi connectivity index (χ2v) is 10.6. The zero-order valence-electron chi connectivity index (χ0n) is 24.0. The minimum Gasteiger partial charge on any atom is -0.487 e. The molecular formula is C30H37N5O6. The summed E-state index contributed by atoms with van der Waals surface area (Å²) in [4.78, 5) is 42.5. The van der Waals surface area contributed by atoms with Crippen LogP contribution in [0.15, 0.2) is 53.1 Å². The molecule has 11 nitrogen and oxygen atoms in total. The quantitative estimate of drug-likeness (QED) is 0.379. The van der Waals surface area contributed by atoms with Crippen LogP contribution in [0.2, 0.25) is 0 Å². The molecule has 218 valence electrons. The van der Waals surface area contributed by atoms with Crippen molar-refractivity contribution in [3.8, 4) is 5.75 Å². The molecule has 2 aromatic carbocycles. The summed E-state index contributed by atoms with van der Waals surface area (Å²) in [7, 11) is 1.66. The van der Waals surface area contributed by atoms with Crippen molar-refractivity contribution in [2.45, 2.75) is 46.3 Å². The number of hydrogen-bond donors (Lipinski definition) is 3. The number of carbonyl (C=O) groups is 3. The summed E-state index contributed by atoms with van der Waals surface area (Å²) < 4.78 is 11.5. The molecule has 0 fully saturated rings. The molecule has 0 saturated heterocycles. The third-order valence-corrected chi connectivity index (χ3v) is 7.22. The lowest BCUT2D eigenvalue weighted by atomic mass is 9.99. The topological polar surface area (TPSA) is 137 Å². The number of nitrogens with zero attached hydrogens (tertiary/aromatic N) is 3. The maximum atomic E-state index is 13.7. The largest absolute Gasteiger partial charge is 0.487 e. The van der Waals surface area contributed by atoms with Crippen LogP contribution in [0.4, 0.5) is 16.2 Å². The molecule has 0 bridgehead atoms. The molecule has 4 rings (SSSR count). The summed E-state index contributed by atoms with van der Waals surface area (Å²) >= 11 is 0. The van der Waals surface area contributed by atoms with Gasteiger partial charge in [-0.1, -0.05) is 42.4 Å². The zero-order chi connectivity index (χ0) is 29.7. The Morgan fingerprint density at radius 3 is 2.56 bits per heavy atom. The van der Waals surface area contributed by atoms with Crippen molar-refractivity contribution in [3.05, 3.63) is 71.1 Å². The van der Waals surface area contributed by atoms with E-state index in [-0.39, 0.29) is 48.9 Å². The Labute approximate surface area is 239 Å². The highest BCUT2D eigenvalue weighted by molar-refractivity contribution is 6.00. The van der Waals surface area contributed by atoms with Gasteiger partial charge in [0.25, 0.3) is 5.91 Å². The number of anilines is 2. The van der Waals surface area contributed by atoms with Crippen LogP contribution >= 0.6 is 0 Å². The number of likely N-dealkylation sites (N-methyl/N-ethyl adjacent to an activating group) is 1. The Morgan fingerprint density at radius 1 is 1.17 bits per heavy atom. The van der Waals surface area contributed by atoms with E-state index in [0.717, 1.165) is 5.56 Å². The highest BCUT2D eigenvalue weighted by Gasteiger charge is 2.34. The first-order chi connectivity index (χ1) is 19.6. The molecule has 1 aromatic heterocycles. The fourth-order valence-electron chi connectivity index (χ4n) is 4.72. The number of amides is 4. The number of urea groups is 1. The van der Waals surface area contributed by atoms with Crippen molar-refractivity contribution in [2.75, 3.05) is 37.4 Å². The van der Waals surface area contributed by atoms with Crippen molar-refractivity contribution >= 4 is 29.2 Å². The number of hydrogen-bond acceptors (Lipinski definition) is 7. The molecule has 4 amide bonds. The Morgan fingerprint density at radius 2 is 1.90 bits per heavy atom. The summed E-state index contributed by atoms with van der Waals surface area (Å²) in [5.41, 5.74) is 2.70. The smallest absolute Gasteiger partial charge is 0.321 e. The fourth-order valence-corrected chi connectivity index (χ4v) is 4.72. The van der Waals surface area contributed by atoms with E-state index < -0.39 is 12.1 Å². The minimum absolute atomic E-state index is 0.180. The average Bonchev–Trinajstić information content (AvgIpc) is 3.27. The number of rotatable bonds is 8. The Kier molecular flexibility index (Phi) is 9.28. The van der Waals surface area contributed by atoms with Gasteiger partial charge in [0.2, 0.25) is 5.91 Å². The van der Waals surface area contributed by atoms with Crippen molar-refractivity contribution in [3.63, 3.8) is 0 Å². The van der Waals surface area contributed by atoms with Crippen molar-refractivity contribution in [1.29, 1.82) is 0 Å². The summed E-state index contributed by atoms with van der Waals surface area (Å²) in [5.74, 6) is 0.138. The van der Waals surface area contributed by atoms with Gasteiger partial charge >= 0.3 is 6.03 Å². The van der Waals surface area contributed by atoms with E-state index in [1.807, 2.05) is 37.3 Å². The van der Waals surface area contributed by atoms with Crippen molar-refractivity contribution < 1.29 is 28.8 Å². The number of fused-ring (bicyclic) bond motifs is 1. The zero-order valence-corrected chi connectivity index (χ0v) is 24.0. The number of carbonyl (C=O) groups excluding carboxylic acids is 3. The number of aliphatic hydroxyl groups excluding tert-OH is 1. The summed E-state index contributed by atoms with van der Waals surface area (Å²) in [6, 6.07) is 13.5. The number of aliphatic hydroxyl groups is 1. The van der Waals surface area contributed by atoms with Crippen LogP contribution in [-0.4, -0.2) is 76.8 Å². The number of aromatic nitrogens is 1. The van der Waals surface area contributed by atoms with E-state index >= 15 is 0 Å². The van der Waals surface area contributed by atoms with Crippen molar-refractivity contribution in [1.82, 2.24) is 15.0 Å². The number of nitrogens with one attached hydrogen (secondary N) is 2. The maximum absolute atomic E-state index is 13.7. The van der Waals surface area contributed by atoms with E-state index in [1.54, 1.807) is 50.9 Å². The van der Waals surface area contributed by atoms with Gasteiger partial charge in [-0.3, -0.25) is 9.59 Å². The van der Waals surface area contributed by atoms with Crippen molar-refractivity contribution in [2.24, 2.45) is 5.92 Å². The van der Waals surface area contributed by atoms with Crippen LogP contribution < -0.4 is 15.4 Å². The van der Waals surface area contributed by atoms with Gasteiger partial charge in [-0.05, 0) is 44.5 Å². The van der Waals surface area contributed by atoms with Gasteiger partial charge in [0, 0.05) is 25.2 Å². The Hall–Kier alpha value is -4.38.